The fraction of sp³-hybridized carbons (Fsp3) is 0.0500. The normalized spacial score (nSPS) is 16.2. The Kier molecular flexibility index (Phi) is 6.58. The van der Waals surface area contributed by atoms with Gasteiger partial charge in [0.25, 0.3) is 0 Å². The molecule has 8 rings (SSSR count). The van der Waals surface area contributed by atoms with Crippen molar-refractivity contribution in [1.82, 2.24) is 10.6 Å². The van der Waals surface area contributed by atoms with Crippen molar-refractivity contribution in [3.63, 3.8) is 0 Å². The summed E-state index contributed by atoms with van der Waals surface area (Å²) in [6.45, 7) is 0.796. The molecule has 3 aliphatic heterocycles. The van der Waals surface area contributed by atoms with Crippen LogP contribution >= 0.6 is 0 Å². The molecule has 4 nitrogen and oxygen atoms in total. The highest BCUT2D eigenvalue weighted by Gasteiger charge is 2.22. The molecule has 0 spiro atoms. The Labute approximate surface area is 257 Å². The summed E-state index contributed by atoms with van der Waals surface area (Å²) in [6.07, 6.45) is 12.7. The van der Waals surface area contributed by atoms with E-state index in [1.54, 1.807) is 0 Å². The molecule has 44 heavy (non-hydrogen) atoms. The number of fused-ring (bicyclic) bond motifs is 6. The molecule has 3 aliphatic rings. The highest BCUT2D eigenvalue weighted by Crippen LogP contribution is 2.47. The summed E-state index contributed by atoms with van der Waals surface area (Å²) in [6, 6.07) is 39.7. The van der Waals surface area contributed by atoms with E-state index in [-0.39, 0.29) is 6.04 Å². The smallest absolute Gasteiger partial charge is 0.136 e. The van der Waals surface area contributed by atoms with Crippen molar-refractivity contribution in [3.8, 4) is 45.3 Å². The molecule has 0 aromatic heterocycles. The Balaban J connectivity index is 1.28. The molecule has 3 heterocycles. The number of hydrogen-bond acceptors (Lipinski definition) is 4. The second kappa shape index (κ2) is 11.2. The van der Waals surface area contributed by atoms with Crippen LogP contribution < -0.4 is 20.1 Å². The molecule has 0 saturated heterocycles. The predicted octanol–water partition coefficient (Wildman–Crippen LogP) is 9.66. The van der Waals surface area contributed by atoms with Crippen molar-refractivity contribution in [1.29, 1.82) is 0 Å². The summed E-state index contributed by atoms with van der Waals surface area (Å²) < 4.78 is 13.7. The molecule has 5 aromatic rings. The lowest BCUT2D eigenvalue weighted by atomic mass is 9.96. The number of allylic oxidation sites excluding steroid dienone is 4. The van der Waals surface area contributed by atoms with Crippen molar-refractivity contribution >= 4 is 11.4 Å². The Morgan fingerprint density at radius 1 is 0.523 bits per heavy atom. The minimum absolute atomic E-state index is 0.0880. The number of dihydropyridines is 2. The third-order valence-electron chi connectivity index (χ3n) is 8.23. The maximum absolute atomic E-state index is 7.00. The summed E-state index contributed by atoms with van der Waals surface area (Å²) in [4.78, 5) is 0. The summed E-state index contributed by atoms with van der Waals surface area (Å²) in [7, 11) is 0. The van der Waals surface area contributed by atoms with Crippen LogP contribution in [-0.4, -0.2) is 6.54 Å². The zero-order chi connectivity index (χ0) is 29.3. The highest BCUT2D eigenvalue weighted by atomic mass is 16.5. The highest BCUT2D eigenvalue weighted by molar-refractivity contribution is 5.84. The maximum Gasteiger partial charge on any atom is 0.136 e. The standard InChI is InChI=1S/C40H30N2O2/c1-2-11-27(12-3-1)35-16-10-17-36(42-35)29-21-23-33-31-14-5-7-19-38(31)43-37-18-6-4-13-30(37)32-22-20-28(34-15-8-9-24-41-34)25-39(32)44-40(33)26-29/h1-23,25-26,35,41-42H,24H2. The quantitative estimate of drug-likeness (QED) is 0.222. The lowest BCUT2D eigenvalue weighted by Crippen LogP contribution is -2.20. The molecule has 0 fully saturated rings. The second-order valence-electron chi connectivity index (χ2n) is 11.0. The van der Waals surface area contributed by atoms with Gasteiger partial charge in [0.15, 0.2) is 0 Å². The van der Waals surface area contributed by atoms with Gasteiger partial charge in [0.1, 0.15) is 23.0 Å². The molecule has 4 heteroatoms. The van der Waals surface area contributed by atoms with Gasteiger partial charge in [-0.15, -0.1) is 0 Å². The van der Waals surface area contributed by atoms with Gasteiger partial charge in [0, 0.05) is 51.3 Å². The van der Waals surface area contributed by atoms with Crippen molar-refractivity contribution < 1.29 is 9.47 Å². The molecule has 212 valence electrons. The summed E-state index contributed by atoms with van der Waals surface area (Å²) in [5.74, 6) is 3.09. The first-order chi connectivity index (χ1) is 21.8. The van der Waals surface area contributed by atoms with Crippen LogP contribution in [0.15, 0.2) is 152 Å². The second-order valence-corrected chi connectivity index (χ2v) is 11.0. The number of benzene rings is 5. The third-order valence-corrected chi connectivity index (χ3v) is 8.23. The van der Waals surface area contributed by atoms with Crippen molar-refractivity contribution in [2.75, 3.05) is 6.54 Å². The van der Waals surface area contributed by atoms with E-state index in [2.05, 4.69) is 120 Å². The van der Waals surface area contributed by atoms with Crippen LogP contribution in [0.5, 0.6) is 23.0 Å². The molecule has 0 bridgehead atoms. The van der Waals surface area contributed by atoms with Gasteiger partial charge in [-0.05, 0) is 54.1 Å². The SMILES string of the molecule is C1=CCNC(c2ccc3c(c2)Oc2cc(C4=CC=CC(c5ccccc5)N4)ccc2-c2ccccc2Oc2ccccc2-3)=C1. The van der Waals surface area contributed by atoms with E-state index < -0.39 is 0 Å². The molecule has 2 N–H and O–H groups in total. The van der Waals surface area contributed by atoms with Gasteiger partial charge in [-0.2, -0.15) is 0 Å². The van der Waals surface area contributed by atoms with Crippen LogP contribution in [0, 0.1) is 0 Å². The Bertz CT molecular complexity index is 2000. The van der Waals surface area contributed by atoms with E-state index in [1.165, 1.54) is 5.56 Å². The van der Waals surface area contributed by atoms with Crippen molar-refractivity contribution in [2.24, 2.45) is 0 Å². The van der Waals surface area contributed by atoms with Gasteiger partial charge < -0.3 is 20.1 Å². The lowest BCUT2D eigenvalue weighted by molar-refractivity contribution is 0.472. The van der Waals surface area contributed by atoms with Crippen LogP contribution in [0.2, 0.25) is 0 Å². The average molecular weight is 571 g/mol. The predicted molar refractivity (Wildman–Crippen MR) is 178 cm³/mol. The molecule has 0 aliphatic carbocycles. The summed E-state index contributed by atoms with van der Waals surface area (Å²) in [5.41, 5.74) is 9.31. The fourth-order valence-corrected chi connectivity index (χ4v) is 6.01. The summed E-state index contributed by atoms with van der Waals surface area (Å²) >= 11 is 0. The van der Waals surface area contributed by atoms with Crippen LogP contribution in [0.25, 0.3) is 33.6 Å². The molecule has 0 amide bonds. The van der Waals surface area contributed by atoms with Gasteiger partial charge in [-0.3, -0.25) is 0 Å². The summed E-state index contributed by atoms with van der Waals surface area (Å²) in [5, 5.41) is 7.20. The molecular weight excluding hydrogens is 540 g/mol. The molecule has 0 radical (unpaired) electrons. The lowest BCUT2D eigenvalue weighted by Gasteiger charge is -2.25. The van der Waals surface area contributed by atoms with E-state index in [4.69, 9.17) is 9.47 Å². The fourth-order valence-electron chi connectivity index (χ4n) is 6.01. The topological polar surface area (TPSA) is 42.5 Å². The first kappa shape index (κ1) is 25.9. The van der Waals surface area contributed by atoms with E-state index in [0.717, 1.165) is 74.3 Å². The van der Waals surface area contributed by atoms with E-state index in [0.29, 0.717) is 0 Å². The van der Waals surface area contributed by atoms with E-state index in [1.807, 2.05) is 42.5 Å². The molecule has 0 saturated carbocycles. The first-order valence-electron chi connectivity index (χ1n) is 14.9. The largest absolute Gasteiger partial charge is 0.456 e. The molecular formula is C40H30N2O2. The third kappa shape index (κ3) is 4.87. The number of nitrogens with one attached hydrogen (secondary N) is 2. The van der Waals surface area contributed by atoms with Crippen LogP contribution in [0.3, 0.4) is 0 Å². The zero-order valence-corrected chi connectivity index (χ0v) is 24.0. The monoisotopic (exact) mass is 570 g/mol. The minimum atomic E-state index is 0.0880. The number of hydrogen-bond donors (Lipinski definition) is 2. The minimum Gasteiger partial charge on any atom is -0.456 e. The van der Waals surface area contributed by atoms with Gasteiger partial charge in [0.2, 0.25) is 0 Å². The van der Waals surface area contributed by atoms with Gasteiger partial charge >= 0.3 is 0 Å². The molecule has 5 aromatic carbocycles. The van der Waals surface area contributed by atoms with Gasteiger partial charge in [-0.1, -0.05) is 103 Å². The van der Waals surface area contributed by atoms with Crippen LogP contribution in [0.1, 0.15) is 22.7 Å². The van der Waals surface area contributed by atoms with Crippen molar-refractivity contribution in [3.05, 3.63) is 168 Å². The zero-order valence-electron chi connectivity index (χ0n) is 24.0. The van der Waals surface area contributed by atoms with E-state index in [9.17, 15) is 0 Å². The number of para-hydroxylation sites is 2. The van der Waals surface area contributed by atoms with E-state index >= 15 is 0 Å². The number of rotatable bonds is 3. The van der Waals surface area contributed by atoms with Crippen LogP contribution in [0.4, 0.5) is 0 Å². The average Bonchev–Trinajstić information content (AvgIpc) is 3.10. The van der Waals surface area contributed by atoms with Gasteiger partial charge in [0.05, 0.1) is 6.04 Å². The van der Waals surface area contributed by atoms with Gasteiger partial charge in [-0.25, -0.2) is 0 Å². The maximum atomic E-state index is 7.00. The number of ether oxygens (including phenoxy) is 2. The first-order valence-corrected chi connectivity index (χ1v) is 14.9. The van der Waals surface area contributed by atoms with Crippen LogP contribution in [-0.2, 0) is 0 Å². The molecule has 1 atom stereocenters. The Morgan fingerprint density at radius 3 is 1.75 bits per heavy atom. The Hall–Kier alpha value is -5.74. The van der Waals surface area contributed by atoms with Crippen molar-refractivity contribution in [2.45, 2.75) is 6.04 Å². The Morgan fingerprint density at radius 2 is 1.09 bits per heavy atom. The molecule has 1 unspecified atom stereocenters.